The van der Waals surface area contributed by atoms with Crippen LogP contribution < -0.4 is 15.8 Å². The van der Waals surface area contributed by atoms with E-state index >= 15 is 0 Å². The van der Waals surface area contributed by atoms with Gasteiger partial charge in [-0.2, -0.15) is 0 Å². The fourth-order valence-electron chi connectivity index (χ4n) is 2.28. The Morgan fingerprint density at radius 3 is 2.67 bits per heavy atom. The third kappa shape index (κ3) is 4.07. The second-order valence-corrected chi connectivity index (χ2v) is 5.15. The number of likely N-dealkylation sites (tertiary alicyclic amines) is 1. The van der Waals surface area contributed by atoms with Crippen LogP contribution in [0.25, 0.3) is 0 Å². The summed E-state index contributed by atoms with van der Waals surface area (Å²) in [5.41, 5.74) is 6.81. The Hall–Kier alpha value is -1.83. The molecule has 7 heteroatoms. The molecule has 116 valence electrons. The van der Waals surface area contributed by atoms with Crippen molar-refractivity contribution in [2.45, 2.75) is 18.6 Å². The van der Waals surface area contributed by atoms with Crippen LogP contribution in [-0.2, 0) is 4.79 Å². The van der Waals surface area contributed by atoms with Gasteiger partial charge in [0.2, 0.25) is 5.91 Å². The third-order valence-electron chi connectivity index (χ3n) is 3.52. The van der Waals surface area contributed by atoms with E-state index in [9.17, 15) is 15.0 Å². The van der Waals surface area contributed by atoms with Gasteiger partial charge >= 0.3 is 0 Å². The van der Waals surface area contributed by atoms with Gasteiger partial charge in [0.1, 0.15) is 5.75 Å². The Morgan fingerprint density at radius 1 is 1.43 bits per heavy atom. The standard InChI is InChI=1S/C14H21N3O4/c1-21-9-2-3-11(10(15)6-9)16-14(20)4-5-17-7-12(18)13(19)8-17/h2-3,6,12-13,18-19H,4-5,7-8,15H2,1H3,(H,16,20). The molecule has 2 atom stereocenters. The van der Waals surface area contributed by atoms with Gasteiger partial charge in [0.25, 0.3) is 0 Å². The molecule has 1 aliphatic heterocycles. The first kappa shape index (κ1) is 15.6. The summed E-state index contributed by atoms with van der Waals surface area (Å²) in [7, 11) is 1.55. The maximum Gasteiger partial charge on any atom is 0.225 e. The number of hydrogen-bond donors (Lipinski definition) is 4. The number of nitrogens with one attached hydrogen (secondary N) is 1. The number of benzene rings is 1. The molecular formula is C14H21N3O4. The minimum absolute atomic E-state index is 0.164. The molecule has 0 aliphatic carbocycles. The van der Waals surface area contributed by atoms with Gasteiger partial charge in [-0.15, -0.1) is 0 Å². The fourth-order valence-corrected chi connectivity index (χ4v) is 2.28. The summed E-state index contributed by atoms with van der Waals surface area (Å²) in [4.78, 5) is 13.7. The van der Waals surface area contributed by atoms with Gasteiger partial charge in [-0.3, -0.25) is 9.69 Å². The first-order valence-electron chi connectivity index (χ1n) is 6.81. The van der Waals surface area contributed by atoms with Crippen molar-refractivity contribution in [2.75, 3.05) is 37.8 Å². The largest absolute Gasteiger partial charge is 0.497 e. The molecule has 1 heterocycles. The number of anilines is 2. The summed E-state index contributed by atoms with van der Waals surface area (Å²) in [6, 6.07) is 5.05. The molecule has 0 radical (unpaired) electrons. The van der Waals surface area contributed by atoms with E-state index in [1.807, 2.05) is 4.90 Å². The lowest BCUT2D eigenvalue weighted by atomic mass is 10.2. The highest BCUT2D eigenvalue weighted by molar-refractivity contribution is 5.94. The van der Waals surface area contributed by atoms with Crippen LogP contribution in [0.1, 0.15) is 6.42 Å². The number of aliphatic hydroxyl groups excluding tert-OH is 2. The molecule has 0 spiro atoms. The molecule has 21 heavy (non-hydrogen) atoms. The lowest BCUT2D eigenvalue weighted by Crippen LogP contribution is -2.27. The monoisotopic (exact) mass is 295 g/mol. The molecule has 1 saturated heterocycles. The zero-order valence-electron chi connectivity index (χ0n) is 12.0. The van der Waals surface area contributed by atoms with Crippen LogP contribution in [0.15, 0.2) is 18.2 Å². The predicted octanol–water partition coefficient (Wildman–Crippen LogP) is -0.357. The summed E-state index contributed by atoms with van der Waals surface area (Å²) >= 11 is 0. The fraction of sp³-hybridized carbons (Fsp3) is 0.500. The van der Waals surface area contributed by atoms with E-state index in [2.05, 4.69) is 5.32 Å². The van der Waals surface area contributed by atoms with Crippen molar-refractivity contribution in [1.82, 2.24) is 4.90 Å². The van der Waals surface area contributed by atoms with Crippen LogP contribution in [0.5, 0.6) is 5.75 Å². The number of methoxy groups -OCH3 is 1. The van der Waals surface area contributed by atoms with E-state index < -0.39 is 12.2 Å². The maximum absolute atomic E-state index is 11.9. The second kappa shape index (κ2) is 6.75. The number of hydrogen-bond acceptors (Lipinski definition) is 6. The molecule has 0 aromatic heterocycles. The van der Waals surface area contributed by atoms with Gasteiger partial charge < -0.3 is 26.0 Å². The normalized spacial score (nSPS) is 22.2. The number of β-amino-alcohol motifs (C(OH)–C–C–N with tert-alkyl or cyclic N) is 2. The molecule has 0 saturated carbocycles. The van der Waals surface area contributed by atoms with Crippen molar-refractivity contribution < 1.29 is 19.7 Å². The quantitative estimate of drug-likeness (QED) is 0.553. The van der Waals surface area contributed by atoms with Crippen molar-refractivity contribution in [3.05, 3.63) is 18.2 Å². The van der Waals surface area contributed by atoms with Gasteiger partial charge in [-0.25, -0.2) is 0 Å². The van der Waals surface area contributed by atoms with Crippen molar-refractivity contribution >= 4 is 17.3 Å². The summed E-state index contributed by atoms with van der Waals surface area (Å²) in [6.45, 7) is 1.26. The van der Waals surface area contributed by atoms with E-state index in [0.29, 0.717) is 36.8 Å². The predicted molar refractivity (Wildman–Crippen MR) is 79.1 cm³/mol. The molecule has 5 N–H and O–H groups in total. The number of rotatable bonds is 5. The highest BCUT2D eigenvalue weighted by Gasteiger charge is 2.29. The summed E-state index contributed by atoms with van der Waals surface area (Å²) in [6.07, 6.45) is -1.19. The van der Waals surface area contributed by atoms with Gasteiger partial charge in [-0.1, -0.05) is 0 Å². The topological polar surface area (TPSA) is 108 Å². The highest BCUT2D eigenvalue weighted by atomic mass is 16.5. The van der Waals surface area contributed by atoms with E-state index in [0.717, 1.165) is 0 Å². The van der Waals surface area contributed by atoms with Crippen LogP contribution in [0.2, 0.25) is 0 Å². The van der Waals surface area contributed by atoms with Crippen LogP contribution >= 0.6 is 0 Å². The smallest absolute Gasteiger partial charge is 0.225 e. The molecule has 2 unspecified atom stereocenters. The van der Waals surface area contributed by atoms with E-state index in [1.165, 1.54) is 0 Å². The maximum atomic E-state index is 11.9. The van der Waals surface area contributed by atoms with Crippen LogP contribution in [0.3, 0.4) is 0 Å². The van der Waals surface area contributed by atoms with E-state index in [1.54, 1.807) is 25.3 Å². The molecule has 1 aromatic rings. The zero-order valence-corrected chi connectivity index (χ0v) is 12.0. The SMILES string of the molecule is COc1ccc(NC(=O)CCN2CC(O)C(O)C2)c(N)c1. The Kier molecular flexibility index (Phi) is 5.00. The lowest BCUT2D eigenvalue weighted by Gasteiger charge is -2.15. The number of nitrogens with two attached hydrogens (primary N) is 1. The lowest BCUT2D eigenvalue weighted by molar-refractivity contribution is -0.116. The number of aliphatic hydroxyl groups is 2. The molecular weight excluding hydrogens is 274 g/mol. The first-order chi connectivity index (χ1) is 9.99. The number of ether oxygens (including phenoxy) is 1. The van der Waals surface area contributed by atoms with E-state index in [4.69, 9.17) is 10.5 Å². The number of nitrogen functional groups attached to an aromatic ring is 1. The van der Waals surface area contributed by atoms with Crippen LogP contribution in [0, 0.1) is 0 Å². The molecule has 2 rings (SSSR count). The zero-order chi connectivity index (χ0) is 15.4. The summed E-state index contributed by atoms with van der Waals surface area (Å²) < 4.78 is 5.04. The van der Waals surface area contributed by atoms with Gasteiger partial charge in [0, 0.05) is 32.1 Å². The van der Waals surface area contributed by atoms with Crippen LogP contribution in [0.4, 0.5) is 11.4 Å². The second-order valence-electron chi connectivity index (χ2n) is 5.15. The molecule has 1 fully saturated rings. The Morgan fingerprint density at radius 2 is 2.10 bits per heavy atom. The highest BCUT2D eigenvalue weighted by Crippen LogP contribution is 2.24. The van der Waals surface area contributed by atoms with Gasteiger partial charge in [0.05, 0.1) is 30.7 Å². The minimum Gasteiger partial charge on any atom is -0.497 e. The number of nitrogens with zero attached hydrogens (tertiary/aromatic N) is 1. The summed E-state index contributed by atoms with van der Waals surface area (Å²) in [5.74, 6) is 0.466. The Labute approximate surface area is 123 Å². The molecule has 7 nitrogen and oxygen atoms in total. The Balaban J connectivity index is 1.82. The average molecular weight is 295 g/mol. The van der Waals surface area contributed by atoms with Crippen LogP contribution in [-0.4, -0.2) is 60.0 Å². The Bertz CT molecular complexity index is 499. The first-order valence-corrected chi connectivity index (χ1v) is 6.81. The molecule has 1 aromatic carbocycles. The third-order valence-corrected chi connectivity index (χ3v) is 3.52. The molecule has 1 amide bonds. The summed E-state index contributed by atoms with van der Waals surface area (Å²) in [5, 5.41) is 21.6. The number of carbonyl (C=O) groups excluding carboxylic acids is 1. The van der Waals surface area contributed by atoms with Crippen molar-refractivity contribution in [1.29, 1.82) is 0 Å². The number of carbonyl (C=O) groups is 1. The van der Waals surface area contributed by atoms with Crippen molar-refractivity contribution in [3.8, 4) is 5.75 Å². The minimum atomic E-state index is -0.731. The van der Waals surface area contributed by atoms with E-state index in [-0.39, 0.29) is 12.3 Å². The number of amides is 1. The van der Waals surface area contributed by atoms with Crippen molar-refractivity contribution in [2.24, 2.45) is 0 Å². The molecule has 0 bridgehead atoms. The van der Waals surface area contributed by atoms with Crippen molar-refractivity contribution in [3.63, 3.8) is 0 Å². The average Bonchev–Trinajstić information content (AvgIpc) is 2.78. The van der Waals surface area contributed by atoms with Gasteiger partial charge in [-0.05, 0) is 12.1 Å². The molecule has 1 aliphatic rings. The van der Waals surface area contributed by atoms with Gasteiger partial charge in [0.15, 0.2) is 0 Å².